The quantitative estimate of drug-likeness (QED) is 0.225. The number of likely N-dealkylation sites (tertiary alicyclic amines) is 1. The van der Waals surface area contributed by atoms with E-state index in [0.717, 1.165) is 0 Å². The molecule has 0 saturated carbocycles. The lowest BCUT2D eigenvalue weighted by atomic mass is 9.95. The zero-order valence-corrected chi connectivity index (χ0v) is 18.4. The number of hydrogen-bond donors (Lipinski definition) is 1. The maximum atomic E-state index is 13.6. The van der Waals surface area contributed by atoms with E-state index >= 15 is 0 Å². The third kappa shape index (κ3) is 4.76. The topological polar surface area (TPSA) is 84.7 Å². The van der Waals surface area contributed by atoms with Gasteiger partial charge in [0.15, 0.2) is 0 Å². The van der Waals surface area contributed by atoms with Crippen LogP contribution in [0.5, 0.6) is 5.75 Å². The van der Waals surface area contributed by atoms with Crippen molar-refractivity contribution >= 4 is 17.4 Å². The summed E-state index contributed by atoms with van der Waals surface area (Å²) in [5.41, 5.74) is 0.879. The normalized spacial score (nSPS) is 17.2. The summed E-state index contributed by atoms with van der Waals surface area (Å²) in [6.45, 7) is 4.81. The molecule has 1 aliphatic rings. The molecule has 1 aliphatic heterocycles. The fourth-order valence-electron chi connectivity index (χ4n) is 3.96. The summed E-state index contributed by atoms with van der Waals surface area (Å²) in [5.74, 6) is -1.63. The van der Waals surface area contributed by atoms with Crippen molar-refractivity contribution in [3.8, 4) is 5.75 Å². The molecule has 1 amide bonds. The average Bonchev–Trinajstić information content (AvgIpc) is 3.45. The van der Waals surface area contributed by atoms with Crippen molar-refractivity contribution in [1.29, 1.82) is 0 Å². The highest BCUT2D eigenvalue weighted by Gasteiger charge is 2.45. The van der Waals surface area contributed by atoms with E-state index in [0.29, 0.717) is 36.4 Å². The van der Waals surface area contributed by atoms with E-state index in [1.165, 1.54) is 29.2 Å². The maximum absolute atomic E-state index is 13.6. The Hall–Kier alpha value is -4.20. The largest absolute Gasteiger partial charge is 0.507 e. The summed E-state index contributed by atoms with van der Waals surface area (Å²) in [7, 11) is 0. The van der Waals surface area contributed by atoms with Gasteiger partial charge in [-0.25, -0.2) is 9.37 Å². The molecule has 1 unspecified atom stereocenters. The molecule has 0 aliphatic carbocycles. The highest BCUT2D eigenvalue weighted by Crippen LogP contribution is 2.39. The van der Waals surface area contributed by atoms with Crippen LogP contribution in [-0.4, -0.2) is 44.4 Å². The Morgan fingerprint density at radius 2 is 1.85 bits per heavy atom. The first kappa shape index (κ1) is 23.0. The molecule has 0 radical (unpaired) electrons. The Kier molecular flexibility index (Phi) is 6.87. The van der Waals surface area contributed by atoms with Crippen LogP contribution in [0.3, 0.4) is 0 Å². The lowest BCUT2D eigenvalue weighted by Crippen LogP contribution is -2.31. The Morgan fingerprint density at radius 1 is 1.12 bits per heavy atom. The van der Waals surface area contributed by atoms with Crippen LogP contribution in [0.25, 0.3) is 5.76 Å². The van der Waals surface area contributed by atoms with Gasteiger partial charge in [-0.1, -0.05) is 24.8 Å². The first-order chi connectivity index (χ1) is 16.5. The first-order valence-electron chi connectivity index (χ1n) is 10.8. The third-order valence-electron chi connectivity index (χ3n) is 5.60. The number of benzene rings is 2. The van der Waals surface area contributed by atoms with Crippen molar-refractivity contribution in [2.24, 2.45) is 0 Å². The van der Waals surface area contributed by atoms with Gasteiger partial charge in [-0.05, 0) is 48.4 Å². The van der Waals surface area contributed by atoms with Crippen LogP contribution in [0.2, 0.25) is 0 Å². The molecule has 2 heterocycles. The number of aryl methyl sites for hydroxylation is 1. The number of halogens is 1. The summed E-state index contributed by atoms with van der Waals surface area (Å²) in [5, 5.41) is 11.1. The zero-order chi connectivity index (χ0) is 24.1. The van der Waals surface area contributed by atoms with Gasteiger partial charge in [-0.15, -0.1) is 0 Å². The summed E-state index contributed by atoms with van der Waals surface area (Å²) >= 11 is 0. The van der Waals surface area contributed by atoms with Crippen LogP contribution in [0.15, 0.2) is 85.5 Å². The number of carbonyl (C=O) groups is 2. The first-order valence-corrected chi connectivity index (χ1v) is 10.8. The minimum Gasteiger partial charge on any atom is -0.507 e. The standard InChI is InChI=1S/C26H24FN3O4/c1-2-16-34-21-10-6-19(7-11-21)24(31)22-23(18-4-8-20(27)9-5-18)30(26(33)25(22)32)14-3-13-29-15-12-28-17-29/h2,4-12,15,17,23,31H,1,3,13-14,16H2/b24-22+. The Labute approximate surface area is 196 Å². The molecular weight excluding hydrogens is 437 g/mol. The second-order valence-corrected chi connectivity index (χ2v) is 7.82. The van der Waals surface area contributed by atoms with Crippen molar-refractivity contribution < 1.29 is 23.8 Å². The summed E-state index contributed by atoms with van der Waals surface area (Å²) in [4.78, 5) is 31.5. The van der Waals surface area contributed by atoms with Crippen LogP contribution in [-0.2, 0) is 16.1 Å². The van der Waals surface area contributed by atoms with Gasteiger partial charge in [-0.3, -0.25) is 9.59 Å². The number of rotatable bonds is 9. The van der Waals surface area contributed by atoms with Gasteiger partial charge in [0.05, 0.1) is 17.9 Å². The molecule has 4 rings (SSSR count). The van der Waals surface area contributed by atoms with E-state index in [1.54, 1.807) is 42.9 Å². The summed E-state index contributed by atoms with van der Waals surface area (Å²) in [6.07, 6.45) is 7.34. The number of aliphatic hydroxyl groups is 1. The number of ketones is 1. The number of aliphatic hydroxyl groups excluding tert-OH is 1. The number of imidazole rings is 1. The van der Waals surface area contributed by atoms with E-state index in [-0.39, 0.29) is 17.9 Å². The van der Waals surface area contributed by atoms with Crippen LogP contribution < -0.4 is 4.74 Å². The van der Waals surface area contributed by atoms with Gasteiger partial charge in [-0.2, -0.15) is 0 Å². The third-order valence-corrected chi connectivity index (χ3v) is 5.60. The molecule has 1 atom stereocenters. The van der Waals surface area contributed by atoms with Crippen molar-refractivity contribution in [1.82, 2.24) is 14.5 Å². The molecule has 34 heavy (non-hydrogen) atoms. The van der Waals surface area contributed by atoms with Crippen molar-refractivity contribution in [2.75, 3.05) is 13.2 Å². The molecule has 1 aromatic heterocycles. The van der Waals surface area contributed by atoms with Crippen molar-refractivity contribution in [2.45, 2.75) is 19.0 Å². The van der Waals surface area contributed by atoms with E-state index in [1.807, 2.05) is 10.8 Å². The lowest BCUT2D eigenvalue weighted by Gasteiger charge is -2.25. The second kappa shape index (κ2) is 10.2. The maximum Gasteiger partial charge on any atom is 0.295 e. The Morgan fingerprint density at radius 3 is 2.50 bits per heavy atom. The van der Waals surface area contributed by atoms with Gasteiger partial charge >= 0.3 is 0 Å². The predicted molar refractivity (Wildman–Crippen MR) is 124 cm³/mol. The number of carbonyl (C=O) groups excluding carboxylic acids is 2. The van der Waals surface area contributed by atoms with Gasteiger partial charge in [0.1, 0.15) is 23.9 Å². The highest BCUT2D eigenvalue weighted by atomic mass is 19.1. The van der Waals surface area contributed by atoms with Gasteiger partial charge in [0.2, 0.25) is 0 Å². The number of ether oxygens (including phenoxy) is 1. The Balaban J connectivity index is 1.68. The molecule has 1 N–H and O–H groups in total. The minimum atomic E-state index is -0.833. The van der Waals surface area contributed by atoms with Gasteiger partial charge in [0, 0.05) is 31.0 Å². The lowest BCUT2D eigenvalue weighted by molar-refractivity contribution is -0.139. The number of nitrogens with zero attached hydrogens (tertiary/aromatic N) is 3. The zero-order valence-electron chi connectivity index (χ0n) is 18.4. The van der Waals surface area contributed by atoms with E-state index in [2.05, 4.69) is 11.6 Å². The molecule has 1 saturated heterocycles. The minimum absolute atomic E-state index is 0.0287. The predicted octanol–water partition coefficient (Wildman–Crippen LogP) is 4.10. The van der Waals surface area contributed by atoms with Crippen LogP contribution in [0.4, 0.5) is 4.39 Å². The molecule has 1 fully saturated rings. The van der Waals surface area contributed by atoms with Gasteiger partial charge in [0.25, 0.3) is 11.7 Å². The summed E-state index contributed by atoms with van der Waals surface area (Å²) in [6, 6.07) is 11.3. The number of Topliss-reactive ketones (excluding diaryl/α,β-unsaturated/α-hetero) is 1. The number of amides is 1. The van der Waals surface area contributed by atoms with Crippen LogP contribution >= 0.6 is 0 Å². The average molecular weight is 461 g/mol. The van der Waals surface area contributed by atoms with Crippen molar-refractivity contribution in [3.63, 3.8) is 0 Å². The second-order valence-electron chi connectivity index (χ2n) is 7.82. The molecule has 0 spiro atoms. The van der Waals surface area contributed by atoms with E-state index < -0.39 is 23.5 Å². The molecule has 7 nitrogen and oxygen atoms in total. The Bertz CT molecular complexity index is 1200. The van der Waals surface area contributed by atoms with E-state index in [9.17, 15) is 19.1 Å². The monoisotopic (exact) mass is 461 g/mol. The smallest absolute Gasteiger partial charge is 0.295 e. The fourth-order valence-corrected chi connectivity index (χ4v) is 3.96. The van der Waals surface area contributed by atoms with E-state index in [4.69, 9.17) is 4.74 Å². The number of hydrogen-bond acceptors (Lipinski definition) is 5. The fraction of sp³-hybridized carbons (Fsp3) is 0.192. The molecule has 2 aromatic carbocycles. The van der Waals surface area contributed by atoms with Crippen molar-refractivity contribution in [3.05, 3.63) is 102 Å². The molecule has 8 heteroatoms. The molecule has 174 valence electrons. The SMILES string of the molecule is C=CCOc1ccc(/C(O)=C2\C(=O)C(=O)N(CCCn3ccnc3)C2c2ccc(F)cc2)cc1. The number of aromatic nitrogens is 2. The van der Waals surface area contributed by atoms with Gasteiger partial charge < -0.3 is 19.3 Å². The molecule has 3 aromatic rings. The molecular formula is C26H24FN3O4. The summed E-state index contributed by atoms with van der Waals surface area (Å²) < 4.78 is 20.9. The molecule has 0 bridgehead atoms. The van der Waals surface area contributed by atoms with Crippen LogP contribution in [0, 0.1) is 5.82 Å². The van der Waals surface area contributed by atoms with Crippen LogP contribution in [0.1, 0.15) is 23.6 Å². The highest BCUT2D eigenvalue weighted by molar-refractivity contribution is 6.46.